The molecular weight excluding hydrogens is 1870 g/mol. The van der Waals surface area contributed by atoms with Crippen LogP contribution in [0.4, 0.5) is 34.5 Å². The van der Waals surface area contributed by atoms with E-state index in [2.05, 4.69) is 68.0 Å². The Morgan fingerprint density at radius 1 is 0.386 bits per heavy atom. The number of para-hydroxylation sites is 5. The summed E-state index contributed by atoms with van der Waals surface area (Å²) in [6.45, 7) is 20.2. The van der Waals surface area contributed by atoms with Gasteiger partial charge >= 0.3 is 5.97 Å². The summed E-state index contributed by atoms with van der Waals surface area (Å²) >= 11 is 2.31. The fraction of sp³-hybridized carbons (Fsp3) is 0.164. The number of hydrogen-bond donors (Lipinski definition) is 6. The van der Waals surface area contributed by atoms with Crippen molar-refractivity contribution in [2.24, 2.45) is 33.1 Å². The number of imidazole rings is 2. The number of rotatable bonds is 23. The third-order valence-electron chi connectivity index (χ3n) is 23.6. The van der Waals surface area contributed by atoms with Crippen molar-refractivity contribution in [2.45, 2.75) is 112 Å². The molecular formula is C110H98N24O9S2. The molecule has 20 rings (SSSR count). The molecule has 3 aliphatic heterocycles. The summed E-state index contributed by atoms with van der Waals surface area (Å²) in [4.78, 5) is 150. The van der Waals surface area contributed by atoms with Crippen LogP contribution in [0.1, 0.15) is 126 Å². The molecule has 3 aliphatic rings. The number of aryl methyl sites for hydroxylation is 8. The summed E-state index contributed by atoms with van der Waals surface area (Å²) in [5.41, 5.74) is 44.3. The number of carboxylic acid groups (broad SMARTS) is 1. The minimum Gasteiger partial charge on any atom is -0.481 e. The molecule has 0 saturated heterocycles. The number of carbonyl (C=O) groups is 7. The van der Waals surface area contributed by atoms with Crippen LogP contribution >= 0.6 is 23.5 Å². The SMILES string of the molecule is CC(=O)CSc1nc2c(C(N)=O)nc(-c3ccc(C)cc3)nc2n1-c1ccccc1.CCCCN=C(N)c1nc(-c2ccc(C)cc2)nc2c1CC(=O)N2c1ccccc1C.Cc1ccc(-c2nc(/C(N)=N\O)c3c(n2)N(c2ccccc2C)C(=O)C3)cc1.Cc1ccc(-c2nc(C#N)c3c(n2)N(c2ccccc2C)C(=O)C3)cc1.Cc1ccc(-c2nc(C(N)=O)c3nc(SCC(=O)O)n(-c4ccccc4)c3n2)cc1. The smallest absolute Gasteiger partial charge is 0.313 e. The van der Waals surface area contributed by atoms with Gasteiger partial charge in [0, 0.05) is 62.4 Å². The molecule has 145 heavy (non-hydrogen) atoms. The molecule has 724 valence electrons. The Bertz CT molecular complexity index is 7800. The number of nitrogens with two attached hydrogens (primary N) is 4. The number of carbonyl (C=O) groups excluding carboxylic acids is 6. The molecule has 7 aromatic heterocycles. The second-order valence-corrected chi connectivity index (χ2v) is 36.3. The van der Waals surface area contributed by atoms with Crippen molar-refractivity contribution in [3.8, 4) is 74.4 Å². The first-order valence-corrected chi connectivity index (χ1v) is 48.1. The van der Waals surface area contributed by atoms with Gasteiger partial charge in [0.25, 0.3) is 11.8 Å². The number of carboxylic acids is 1. The predicted molar refractivity (Wildman–Crippen MR) is 561 cm³/mol. The van der Waals surface area contributed by atoms with E-state index < -0.39 is 17.8 Å². The van der Waals surface area contributed by atoms with Crippen LogP contribution in [0.5, 0.6) is 0 Å². The Kier molecular flexibility index (Phi) is 30.5. The van der Waals surface area contributed by atoms with Gasteiger partial charge in [-0.1, -0.05) is 282 Å². The Balaban J connectivity index is 0.000000130. The number of nitriles is 1. The minimum absolute atomic E-state index is 0.0116. The summed E-state index contributed by atoms with van der Waals surface area (Å²) in [7, 11) is 0. The summed E-state index contributed by atoms with van der Waals surface area (Å²) in [5.74, 6) is 1.31. The van der Waals surface area contributed by atoms with Gasteiger partial charge in [-0.15, -0.1) is 0 Å². The number of aliphatic imine (C=N–C) groups is 1. The van der Waals surface area contributed by atoms with Crippen LogP contribution in [0.25, 0.3) is 90.6 Å². The van der Waals surface area contributed by atoms with Crippen LogP contribution in [-0.4, -0.2) is 150 Å². The van der Waals surface area contributed by atoms with Gasteiger partial charge in [-0.25, -0.2) is 59.8 Å². The van der Waals surface area contributed by atoms with Crippen molar-refractivity contribution in [2.75, 3.05) is 32.8 Å². The van der Waals surface area contributed by atoms with Crippen molar-refractivity contribution in [1.82, 2.24) is 68.9 Å². The first kappa shape index (κ1) is 100.0. The molecule has 0 aliphatic carbocycles. The van der Waals surface area contributed by atoms with E-state index in [0.29, 0.717) is 103 Å². The standard InChI is InChI=1S/C25H27N5O.C22H19N5O2S.C21H17N5O3S.C21H19N5O2.C21H16N4O/c1-4-5-14-27-23(26)22-19-15-21(31)30(20-9-7-6-8-17(20)3)25(19)29-24(28-22)18-12-10-16(2)11-13-18;1-13-8-10-15(11-9-13)20-24-17(19(23)29)18-21(26-20)27(16-6-4-3-5-7-16)22(25-18)30-12-14(2)28;1-12-7-9-13(10-8-12)19-23-16(18(22)29)17-20(25-19)26(14-5-3-2-4-6-14)21(24-17)30-11-15(27)28;1-12-7-9-14(10-8-12)20-23-18(19(22)25-28)15-11-17(27)26(21(15)24-20)16-6-4-3-5-13(16)2;1-13-7-9-15(10-8-13)20-23-17(12-22)16-11-19(26)25(21(16)24-20)18-6-4-3-5-14(18)2/h6-13H,4-5,14-15H2,1-3H3,(H2,26,27);3-11H,12H2,1-2H3,(H2,23,29);2-10H,11H2,1H3,(H2,22,29)(H,27,28);3-10,28H,11H2,1-2H3,(H2,22,25);3-10H,11H2,1-2H3. The van der Waals surface area contributed by atoms with Crippen molar-refractivity contribution in [3.05, 3.63) is 344 Å². The zero-order valence-corrected chi connectivity index (χ0v) is 82.4. The van der Waals surface area contributed by atoms with Gasteiger partial charge in [-0.3, -0.25) is 62.4 Å². The van der Waals surface area contributed by atoms with Gasteiger partial charge in [0.1, 0.15) is 63.3 Å². The number of benzene rings is 10. The number of unbranched alkanes of at least 4 members (excludes halogenated alkanes) is 1. The normalized spacial score (nSPS) is 12.4. The maximum atomic E-state index is 13.1. The number of anilines is 6. The van der Waals surface area contributed by atoms with E-state index in [1.165, 1.54) is 18.7 Å². The van der Waals surface area contributed by atoms with Crippen molar-refractivity contribution < 1.29 is 43.9 Å². The summed E-state index contributed by atoms with van der Waals surface area (Å²) < 4.78 is 3.55. The number of aromatic nitrogens is 14. The number of nitrogens with zero attached hydrogens (tertiary/aromatic N) is 20. The number of fused-ring (bicyclic) bond motifs is 5. The second kappa shape index (κ2) is 44.2. The molecule has 17 aromatic rings. The predicted octanol–water partition coefficient (Wildman–Crippen LogP) is 18.1. The number of thioether (sulfide) groups is 2. The first-order chi connectivity index (χ1) is 69.9. The number of aliphatic carboxylic acids is 1. The Morgan fingerprint density at radius 2 is 0.697 bits per heavy atom. The number of oxime groups is 1. The monoisotopic (exact) mass is 1960 g/mol. The van der Waals surface area contributed by atoms with Gasteiger partial charge in [0.15, 0.2) is 68.0 Å². The fourth-order valence-electron chi connectivity index (χ4n) is 16.2. The maximum Gasteiger partial charge on any atom is 0.313 e. The molecule has 0 spiro atoms. The maximum absolute atomic E-state index is 13.1. The molecule has 0 atom stereocenters. The number of Topliss-reactive ketones (excluding diaryl/α,β-unsaturated/α-hetero) is 1. The van der Waals surface area contributed by atoms with E-state index in [-0.39, 0.29) is 88.4 Å². The summed E-state index contributed by atoms with van der Waals surface area (Å²) in [6.07, 6.45) is 2.42. The van der Waals surface area contributed by atoms with Gasteiger partial charge in [-0.05, 0) is 128 Å². The van der Waals surface area contributed by atoms with Gasteiger partial charge in [-0.2, -0.15) is 5.26 Å². The number of amidine groups is 2. The van der Waals surface area contributed by atoms with Gasteiger partial charge in [0.05, 0.1) is 47.8 Å². The van der Waals surface area contributed by atoms with E-state index in [1.807, 2.05) is 315 Å². The number of ketones is 1. The third kappa shape index (κ3) is 22.1. The molecule has 5 amide bonds. The molecule has 10 aromatic carbocycles. The first-order valence-electron chi connectivity index (χ1n) is 46.1. The topological polar surface area (TPSA) is 487 Å². The lowest BCUT2D eigenvalue weighted by Crippen LogP contribution is -2.22. The third-order valence-corrected chi connectivity index (χ3v) is 25.6. The zero-order valence-electron chi connectivity index (χ0n) is 80.7. The molecule has 35 heteroatoms. The molecule has 0 radical (unpaired) electrons. The molecule has 0 saturated carbocycles. The van der Waals surface area contributed by atoms with E-state index in [0.717, 1.165) is 131 Å². The van der Waals surface area contributed by atoms with E-state index in [4.69, 9.17) is 43.0 Å². The molecule has 0 unspecified atom stereocenters. The molecule has 10 heterocycles. The Morgan fingerprint density at radius 3 is 1.02 bits per heavy atom. The minimum atomic E-state index is -0.978. The van der Waals surface area contributed by atoms with Gasteiger partial charge in [0.2, 0.25) is 17.7 Å². The average Bonchev–Trinajstić information content (AvgIpc) is 1.61. The number of primary amides is 2. The number of hydrogen-bond acceptors (Lipinski definition) is 25. The zero-order chi connectivity index (χ0) is 103. The Hall–Kier alpha value is -18.0. The molecule has 33 nitrogen and oxygen atoms in total. The van der Waals surface area contributed by atoms with Crippen LogP contribution in [0.2, 0.25) is 0 Å². The van der Waals surface area contributed by atoms with E-state index in [1.54, 1.807) is 19.3 Å². The Labute approximate surface area is 842 Å². The largest absolute Gasteiger partial charge is 0.481 e. The van der Waals surface area contributed by atoms with Crippen LogP contribution in [0, 0.1) is 66.7 Å². The van der Waals surface area contributed by atoms with Gasteiger partial charge < -0.3 is 33.2 Å². The average molecular weight is 1960 g/mol. The highest BCUT2D eigenvalue weighted by molar-refractivity contribution is 8.00. The highest BCUT2D eigenvalue weighted by Gasteiger charge is 2.39. The molecule has 10 N–H and O–H groups in total. The highest BCUT2D eigenvalue weighted by Crippen LogP contribution is 2.43. The lowest BCUT2D eigenvalue weighted by Gasteiger charge is -2.19. The summed E-state index contributed by atoms with van der Waals surface area (Å²) in [6, 6.07) is 82.8. The van der Waals surface area contributed by atoms with Crippen LogP contribution in [0.3, 0.4) is 0 Å². The van der Waals surface area contributed by atoms with E-state index >= 15 is 0 Å². The van der Waals surface area contributed by atoms with Crippen LogP contribution < -0.4 is 37.6 Å². The summed E-state index contributed by atoms with van der Waals surface area (Å²) in [5, 5.41) is 31.9. The molecule has 0 fully saturated rings. The van der Waals surface area contributed by atoms with E-state index in [9.17, 15) is 44.0 Å². The van der Waals surface area contributed by atoms with Crippen molar-refractivity contribution in [3.63, 3.8) is 0 Å². The lowest BCUT2D eigenvalue weighted by molar-refractivity contribution is -0.134. The molecule has 0 bridgehead atoms. The van der Waals surface area contributed by atoms with Crippen LogP contribution in [-0.2, 0) is 43.2 Å². The quantitative estimate of drug-likeness (QED) is 0.00865. The van der Waals surface area contributed by atoms with Crippen molar-refractivity contribution in [1.29, 1.82) is 5.26 Å². The fourth-order valence-corrected chi connectivity index (χ4v) is 17.7. The van der Waals surface area contributed by atoms with Crippen LogP contribution in [0.15, 0.2) is 275 Å². The number of amides is 5. The lowest BCUT2D eigenvalue weighted by atomic mass is 10.1. The second-order valence-electron chi connectivity index (χ2n) is 34.4. The highest BCUT2D eigenvalue weighted by atomic mass is 32.2. The van der Waals surface area contributed by atoms with Crippen molar-refractivity contribution >= 4 is 133 Å².